The Morgan fingerprint density at radius 2 is 1.80 bits per heavy atom. The number of nitrogens with one attached hydrogen (secondary N) is 1. The van der Waals surface area contributed by atoms with Crippen LogP contribution in [0.4, 0.5) is 0 Å². The molecule has 0 rings (SSSR count). The van der Waals surface area contributed by atoms with Crippen molar-refractivity contribution in [1.29, 1.82) is 0 Å². The molecule has 0 aromatic rings. The number of hydrogen-bond donors (Lipinski definition) is 1. The van der Waals surface area contributed by atoms with E-state index in [4.69, 9.17) is 4.74 Å². The van der Waals surface area contributed by atoms with Crippen LogP contribution in [0.15, 0.2) is 0 Å². The Morgan fingerprint density at radius 1 is 1.07 bits per heavy atom. The molecule has 0 amide bonds. The molecule has 15 heavy (non-hydrogen) atoms. The summed E-state index contributed by atoms with van der Waals surface area (Å²) in [6, 6.07) is 0.700. The van der Waals surface area contributed by atoms with E-state index in [2.05, 4.69) is 33.0 Å². The molecule has 0 aliphatic heterocycles. The molecule has 0 aliphatic rings. The first-order valence-corrected chi connectivity index (χ1v) is 6.55. The van der Waals surface area contributed by atoms with Crippen LogP contribution < -0.4 is 5.32 Å². The van der Waals surface area contributed by atoms with Crippen molar-refractivity contribution in [2.75, 3.05) is 13.2 Å². The van der Waals surface area contributed by atoms with Crippen molar-refractivity contribution in [1.82, 2.24) is 5.32 Å². The topological polar surface area (TPSA) is 21.3 Å². The van der Waals surface area contributed by atoms with Gasteiger partial charge < -0.3 is 10.1 Å². The van der Waals surface area contributed by atoms with Gasteiger partial charge in [0.2, 0.25) is 0 Å². The highest BCUT2D eigenvalue weighted by Gasteiger charge is 2.05. The number of ether oxygens (including phenoxy) is 1. The van der Waals surface area contributed by atoms with Crippen LogP contribution in [0.3, 0.4) is 0 Å². The molecule has 0 aromatic carbocycles. The van der Waals surface area contributed by atoms with E-state index in [1.54, 1.807) is 0 Å². The lowest BCUT2D eigenvalue weighted by molar-refractivity contribution is 0.0789. The average Bonchev–Trinajstić information content (AvgIpc) is 2.20. The second kappa shape index (κ2) is 10.4. The van der Waals surface area contributed by atoms with Crippen LogP contribution in [0.5, 0.6) is 0 Å². The van der Waals surface area contributed by atoms with Crippen molar-refractivity contribution >= 4 is 0 Å². The Balaban J connectivity index is 3.47. The molecule has 0 aromatic heterocycles. The lowest BCUT2D eigenvalue weighted by Crippen LogP contribution is -2.32. The van der Waals surface area contributed by atoms with Crippen LogP contribution in [0.2, 0.25) is 0 Å². The average molecular weight is 215 g/mol. The Hall–Kier alpha value is -0.0800. The largest absolute Gasteiger partial charge is 0.377 e. The molecule has 0 bridgehead atoms. The minimum Gasteiger partial charge on any atom is -0.377 e. The third-order valence-electron chi connectivity index (χ3n) is 2.53. The minimum atomic E-state index is 0.354. The Labute approximate surface area is 95.8 Å². The summed E-state index contributed by atoms with van der Waals surface area (Å²) in [5.41, 5.74) is 0. The first-order chi connectivity index (χ1) is 7.20. The van der Waals surface area contributed by atoms with Gasteiger partial charge in [0, 0.05) is 12.6 Å². The van der Waals surface area contributed by atoms with E-state index >= 15 is 0 Å². The summed E-state index contributed by atoms with van der Waals surface area (Å²) >= 11 is 0. The summed E-state index contributed by atoms with van der Waals surface area (Å²) in [5.74, 6) is 0. The summed E-state index contributed by atoms with van der Waals surface area (Å²) in [5, 5.41) is 3.59. The van der Waals surface area contributed by atoms with Gasteiger partial charge >= 0.3 is 0 Å². The van der Waals surface area contributed by atoms with Crippen LogP contribution in [-0.4, -0.2) is 25.3 Å². The van der Waals surface area contributed by atoms with Gasteiger partial charge in [-0.2, -0.15) is 0 Å². The Bertz CT molecular complexity index is 126. The smallest absolute Gasteiger partial charge is 0.0594 e. The molecule has 0 saturated carbocycles. The maximum Gasteiger partial charge on any atom is 0.0594 e. The highest BCUT2D eigenvalue weighted by atomic mass is 16.5. The molecule has 1 N–H and O–H groups in total. The minimum absolute atomic E-state index is 0.354. The molecule has 0 heterocycles. The predicted molar refractivity (Wildman–Crippen MR) is 67.3 cm³/mol. The van der Waals surface area contributed by atoms with Gasteiger partial charge in [-0.3, -0.25) is 0 Å². The van der Waals surface area contributed by atoms with Crippen LogP contribution in [0.25, 0.3) is 0 Å². The third-order valence-corrected chi connectivity index (χ3v) is 2.53. The zero-order valence-corrected chi connectivity index (χ0v) is 11.0. The fraction of sp³-hybridized carbons (Fsp3) is 1.00. The molecule has 0 saturated heterocycles. The first-order valence-electron chi connectivity index (χ1n) is 6.55. The molecule has 0 radical (unpaired) electrons. The fourth-order valence-electron chi connectivity index (χ4n) is 1.71. The lowest BCUT2D eigenvalue weighted by Gasteiger charge is -2.18. The molecule has 0 fully saturated rings. The number of unbranched alkanes of at least 4 members (excludes halogenated alkanes) is 1. The number of rotatable bonds is 10. The Morgan fingerprint density at radius 3 is 2.33 bits per heavy atom. The van der Waals surface area contributed by atoms with Gasteiger partial charge in [0.25, 0.3) is 0 Å². The zero-order valence-electron chi connectivity index (χ0n) is 11.0. The monoisotopic (exact) mass is 215 g/mol. The van der Waals surface area contributed by atoms with E-state index in [0.29, 0.717) is 12.1 Å². The third kappa shape index (κ3) is 10.2. The van der Waals surface area contributed by atoms with Gasteiger partial charge in [-0.05, 0) is 26.7 Å². The van der Waals surface area contributed by atoms with Crippen LogP contribution in [-0.2, 0) is 4.74 Å². The summed E-state index contributed by atoms with van der Waals surface area (Å²) in [6.07, 6.45) is 6.86. The van der Waals surface area contributed by atoms with E-state index in [1.807, 2.05) is 0 Å². The van der Waals surface area contributed by atoms with Crippen LogP contribution in [0.1, 0.15) is 59.8 Å². The van der Waals surface area contributed by atoms with Crippen molar-refractivity contribution in [3.63, 3.8) is 0 Å². The van der Waals surface area contributed by atoms with Gasteiger partial charge in [-0.25, -0.2) is 0 Å². The van der Waals surface area contributed by atoms with E-state index in [1.165, 1.54) is 32.1 Å². The molecule has 1 unspecified atom stereocenters. The molecular weight excluding hydrogens is 186 g/mol. The highest BCUT2D eigenvalue weighted by Crippen LogP contribution is 2.06. The molecule has 2 heteroatoms. The molecular formula is C13H29NO. The molecule has 0 spiro atoms. The quantitative estimate of drug-likeness (QED) is 0.564. The predicted octanol–water partition coefficient (Wildman–Crippen LogP) is 3.36. The molecule has 2 nitrogen and oxygen atoms in total. The van der Waals surface area contributed by atoms with Gasteiger partial charge in [-0.15, -0.1) is 0 Å². The number of hydrogen-bond acceptors (Lipinski definition) is 2. The van der Waals surface area contributed by atoms with Crippen LogP contribution >= 0.6 is 0 Å². The van der Waals surface area contributed by atoms with E-state index < -0.39 is 0 Å². The standard InChI is InChI=1S/C13H29NO/c1-5-7-9-13(8-6-2)14-10-11-15-12(3)4/h12-14H,5-11H2,1-4H3. The first kappa shape index (κ1) is 14.9. The van der Waals surface area contributed by atoms with Crippen molar-refractivity contribution < 1.29 is 4.74 Å². The molecule has 1 atom stereocenters. The van der Waals surface area contributed by atoms with Crippen molar-refractivity contribution in [2.45, 2.75) is 71.9 Å². The second-order valence-corrected chi connectivity index (χ2v) is 4.50. The Kier molecular flexibility index (Phi) is 10.4. The maximum absolute atomic E-state index is 5.51. The van der Waals surface area contributed by atoms with Crippen molar-refractivity contribution in [3.8, 4) is 0 Å². The second-order valence-electron chi connectivity index (χ2n) is 4.50. The van der Waals surface area contributed by atoms with E-state index in [9.17, 15) is 0 Å². The lowest BCUT2D eigenvalue weighted by atomic mass is 10.1. The van der Waals surface area contributed by atoms with Crippen molar-refractivity contribution in [3.05, 3.63) is 0 Å². The van der Waals surface area contributed by atoms with Gasteiger partial charge in [-0.1, -0.05) is 33.1 Å². The molecule has 0 aliphatic carbocycles. The van der Waals surface area contributed by atoms with Crippen LogP contribution in [0, 0.1) is 0 Å². The SMILES string of the molecule is CCCCC(CCC)NCCOC(C)C. The van der Waals surface area contributed by atoms with E-state index in [-0.39, 0.29) is 0 Å². The van der Waals surface area contributed by atoms with E-state index in [0.717, 1.165) is 13.2 Å². The fourth-order valence-corrected chi connectivity index (χ4v) is 1.71. The van der Waals surface area contributed by atoms with Gasteiger partial charge in [0.1, 0.15) is 0 Å². The molecule has 92 valence electrons. The van der Waals surface area contributed by atoms with Gasteiger partial charge in [0.15, 0.2) is 0 Å². The summed E-state index contributed by atoms with van der Waals surface area (Å²) < 4.78 is 5.51. The maximum atomic E-state index is 5.51. The zero-order chi connectivity index (χ0) is 11.5. The van der Waals surface area contributed by atoms with Crippen molar-refractivity contribution in [2.24, 2.45) is 0 Å². The highest BCUT2D eigenvalue weighted by molar-refractivity contribution is 4.65. The summed E-state index contributed by atoms with van der Waals surface area (Å²) in [7, 11) is 0. The normalized spacial score (nSPS) is 13.4. The van der Waals surface area contributed by atoms with Gasteiger partial charge in [0.05, 0.1) is 12.7 Å². The summed E-state index contributed by atoms with van der Waals surface area (Å²) in [4.78, 5) is 0. The summed E-state index contributed by atoms with van der Waals surface area (Å²) in [6.45, 7) is 10.5.